The molecule has 1 aliphatic heterocycles. The van der Waals surface area contributed by atoms with E-state index in [0.717, 1.165) is 10.5 Å². The molecule has 1 atom stereocenters. The van der Waals surface area contributed by atoms with Gasteiger partial charge in [-0.1, -0.05) is 12.1 Å². The van der Waals surface area contributed by atoms with E-state index in [1.807, 2.05) is 4.90 Å². The van der Waals surface area contributed by atoms with Crippen LogP contribution in [0.15, 0.2) is 53.4 Å². The highest BCUT2D eigenvalue weighted by atomic mass is 32.2. The number of carbonyl (C=O) groups is 1. The topological polar surface area (TPSA) is 90.5 Å². The highest BCUT2D eigenvalue weighted by Gasteiger charge is 2.27. The number of non-ortho nitro benzene ring substituents is 1. The fraction of sp³-hybridized carbons (Fsp3) is 0.300. The number of benzene rings is 2. The smallest absolute Gasteiger partial charge is 0.269 e. The lowest BCUT2D eigenvalue weighted by atomic mass is 10.1. The molecule has 0 spiro atoms. The van der Waals surface area contributed by atoms with E-state index in [-0.39, 0.29) is 23.2 Å². The lowest BCUT2D eigenvalue weighted by Crippen LogP contribution is -2.50. The highest BCUT2D eigenvalue weighted by Crippen LogP contribution is 2.24. The minimum absolute atomic E-state index is 0.0108. The maximum Gasteiger partial charge on any atom is 0.269 e. The van der Waals surface area contributed by atoms with Crippen molar-refractivity contribution in [3.63, 3.8) is 0 Å². The molecule has 29 heavy (non-hydrogen) atoms. The first-order valence-corrected chi connectivity index (χ1v) is 10.0. The third kappa shape index (κ3) is 5.31. The Bertz CT molecular complexity index is 907. The minimum atomic E-state index is -0.470. The van der Waals surface area contributed by atoms with Crippen molar-refractivity contribution in [2.75, 3.05) is 31.9 Å². The molecular weight excluding hydrogens is 395 g/mol. The second-order valence-corrected chi connectivity index (χ2v) is 7.59. The molecular formula is C20H19FN4O3S. The first-order valence-electron chi connectivity index (χ1n) is 9.02. The lowest BCUT2D eigenvalue weighted by Gasteiger charge is -2.37. The molecule has 1 aliphatic rings. The van der Waals surface area contributed by atoms with Gasteiger partial charge in [-0.05, 0) is 29.8 Å². The van der Waals surface area contributed by atoms with Gasteiger partial charge in [-0.25, -0.2) is 4.39 Å². The van der Waals surface area contributed by atoms with Gasteiger partial charge in [-0.15, -0.1) is 11.8 Å². The molecule has 3 rings (SSSR count). The SMILES string of the molecule is N#CC(c1ccc(F)cc1)N1CCN(C(=O)CSc2ccc([N+](=O)[O-])cc2)CC1. The largest absolute Gasteiger partial charge is 0.339 e. The molecule has 0 aromatic heterocycles. The van der Waals surface area contributed by atoms with Crippen LogP contribution < -0.4 is 0 Å². The maximum absolute atomic E-state index is 13.1. The zero-order chi connectivity index (χ0) is 20.8. The molecule has 1 fully saturated rings. The van der Waals surface area contributed by atoms with E-state index >= 15 is 0 Å². The van der Waals surface area contributed by atoms with Crippen LogP contribution in [0.5, 0.6) is 0 Å². The van der Waals surface area contributed by atoms with E-state index < -0.39 is 11.0 Å². The van der Waals surface area contributed by atoms with Crippen LogP contribution in [0, 0.1) is 27.3 Å². The van der Waals surface area contributed by atoms with Gasteiger partial charge in [0.25, 0.3) is 5.69 Å². The third-order valence-corrected chi connectivity index (χ3v) is 5.75. The van der Waals surface area contributed by atoms with Crippen LogP contribution in [0.25, 0.3) is 0 Å². The van der Waals surface area contributed by atoms with Crippen LogP contribution in [0.2, 0.25) is 0 Å². The van der Waals surface area contributed by atoms with Crippen molar-refractivity contribution in [2.24, 2.45) is 0 Å². The number of rotatable bonds is 6. The normalized spacial score (nSPS) is 15.5. The molecule has 1 unspecified atom stereocenters. The quantitative estimate of drug-likeness (QED) is 0.409. The molecule has 0 saturated carbocycles. The lowest BCUT2D eigenvalue weighted by molar-refractivity contribution is -0.384. The van der Waals surface area contributed by atoms with E-state index in [9.17, 15) is 24.6 Å². The van der Waals surface area contributed by atoms with Gasteiger partial charge in [0.15, 0.2) is 0 Å². The van der Waals surface area contributed by atoms with Crippen molar-refractivity contribution in [1.82, 2.24) is 9.80 Å². The van der Waals surface area contributed by atoms with Gasteiger partial charge in [-0.3, -0.25) is 19.8 Å². The summed E-state index contributed by atoms with van der Waals surface area (Å²) in [4.78, 5) is 27.2. The number of hydrogen-bond donors (Lipinski definition) is 0. The Kier molecular flexibility index (Phi) is 6.80. The number of amides is 1. The van der Waals surface area contributed by atoms with Gasteiger partial charge in [-0.2, -0.15) is 5.26 Å². The number of nitro groups is 1. The van der Waals surface area contributed by atoms with Gasteiger partial charge >= 0.3 is 0 Å². The Balaban J connectivity index is 1.50. The molecule has 0 radical (unpaired) electrons. The second-order valence-electron chi connectivity index (χ2n) is 6.54. The molecule has 1 heterocycles. The Hall–Kier alpha value is -2.96. The standard InChI is InChI=1S/C20H19FN4O3S/c21-16-3-1-15(2-4-16)19(13-22)23-9-11-24(12-10-23)20(26)14-29-18-7-5-17(6-8-18)25(27)28/h1-8,19H,9-12,14H2. The second kappa shape index (κ2) is 9.49. The summed E-state index contributed by atoms with van der Waals surface area (Å²) in [7, 11) is 0. The summed E-state index contributed by atoms with van der Waals surface area (Å²) < 4.78 is 13.1. The fourth-order valence-electron chi connectivity index (χ4n) is 3.14. The van der Waals surface area contributed by atoms with Gasteiger partial charge < -0.3 is 4.90 Å². The number of nitro benzene ring substituents is 1. The Morgan fingerprint density at radius 3 is 2.31 bits per heavy atom. The molecule has 9 heteroatoms. The summed E-state index contributed by atoms with van der Waals surface area (Å²) in [6.45, 7) is 2.14. The van der Waals surface area contributed by atoms with Crippen molar-refractivity contribution >= 4 is 23.4 Å². The summed E-state index contributed by atoms with van der Waals surface area (Å²) in [5.74, 6) is -0.105. The van der Waals surface area contributed by atoms with Gasteiger partial charge in [0, 0.05) is 43.2 Å². The molecule has 1 saturated heterocycles. The van der Waals surface area contributed by atoms with E-state index in [2.05, 4.69) is 6.07 Å². The number of halogens is 1. The Morgan fingerprint density at radius 2 is 1.76 bits per heavy atom. The molecule has 1 amide bonds. The van der Waals surface area contributed by atoms with Crippen molar-refractivity contribution in [2.45, 2.75) is 10.9 Å². The van der Waals surface area contributed by atoms with Crippen molar-refractivity contribution in [1.29, 1.82) is 5.26 Å². The average Bonchev–Trinajstić information content (AvgIpc) is 2.74. The fourth-order valence-corrected chi connectivity index (χ4v) is 3.94. The Morgan fingerprint density at radius 1 is 1.14 bits per heavy atom. The molecule has 0 aliphatic carbocycles. The average molecular weight is 414 g/mol. The predicted molar refractivity (Wildman–Crippen MR) is 107 cm³/mol. The Labute approximate surface area is 171 Å². The highest BCUT2D eigenvalue weighted by molar-refractivity contribution is 8.00. The summed E-state index contributed by atoms with van der Waals surface area (Å²) in [5.41, 5.74) is 0.757. The van der Waals surface area contributed by atoms with Crippen LogP contribution in [0.3, 0.4) is 0 Å². The summed E-state index contributed by atoms with van der Waals surface area (Å²) in [6, 6.07) is 13.8. The van der Waals surface area contributed by atoms with Crippen LogP contribution in [-0.4, -0.2) is 52.6 Å². The summed E-state index contributed by atoms with van der Waals surface area (Å²) in [5, 5.41) is 20.2. The molecule has 2 aromatic carbocycles. The number of carbonyl (C=O) groups excluding carboxylic acids is 1. The number of piperazine rings is 1. The molecule has 150 valence electrons. The first-order chi connectivity index (χ1) is 14.0. The summed E-state index contributed by atoms with van der Waals surface area (Å²) >= 11 is 1.34. The van der Waals surface area contributed by atoms with Crippen molar-refractivity contribution < 1.29 is 14.1 Å². The summed E-state index contributed by atoms with van der Waals surface area (Å²) in [6.07, 6.45) is 0. The zero-order valence-electron chi connectivity index (χ0n) is 15.5. The zero-order valence-corrected chi connectivity index (χ0v) is 16.3. The van der Waals surface area contributed by atoms with Crippen molar-refractivity contribution in [3.05, 3.63) is 70.0 Å². The van der Waals surface area contributed by atoms with Crippen LogP contribution >= 0.6 is 11.8 Å². The number of nitrogens with zero attached hydrogens (tertiary/aromatic N) is 4. The number of hydrogen-bond acceptors (Lipinski definition) is 6. The predicted octanol–water partition coefficient (Wildman–Crippen LogP) is 3.24. The molecule has 2 aromatic rings. The van der Waals surface area contributed by atoms with Crippen LogP contribution in [0.1, 0.15) is 11.6 Å². The molecule has 7 nitrogen and oxygen atoms in total. The van der Waals surface area contributed by atoms with Gasteiger partial charge in [0.05, 0.1) is 16.7 Å². The van der Waals surface area contributed by atoms with E-state index in [1.165, 1.54) is 36.0 Å². The maximum atomic E-state index is 13.1. The van der Waals surface area contributed by atoms with Gasteiger partial charge in [0.2, 0.25) is 5.91 Å². The monoisotopic (exact) mass is 414 g/mol. The van der Waals surface area contributed by atoms with E-state index in [0.29, 0.717) is 26.2 Å². The van der Waals surface area contributed by atoms with Gasteiger partial charge in [0.1, 0.15) is 11.9 Å². The third-order valence-electron chi connectivity index (χ3n) is 4.75. The molecule has 0 bridgehead atoms. The first kappa shape index (κ1) is 20.8. The van der Waals surface area contributed by atoms with E-state index in [4.69, 9.17) is 0 Å². The minimum Gasteiger partial charge on any atom is -0.339 e. The molecule has 0 N–H and O–H groups in total. The number of nitriles is 1. The van der Waals surface area contributed by atoms with Crippen molar-refractivity contribution in [3.8, 4) is 6.07 Å². The number of thioether (sulfide) groups is 1. The van der Waals surface area contributed by atoms with E-state index in [1.54, 1.807) is 29.2 Å². The van der Waals surface area contributed by atoms with Crippen LogP contribution in [-0.2, 0) is 4.79 Å². The van der Waals surface area contributed by atoms with Crippen LogP contribution in [0.4, 0.5) is 10.1 Å².